The van der Waals surface area contributed by atoms with Crippen LogP contribution in [0, 0.1) is 23.1 Å². The first-order valence-corrected chi connectivity index (χ1v) is 8.21. The van der Waals surface area contributed by atoms with Crippen molar-refractivity contribution in [1.29, 1.82) is 5.26 Å². The van der Waals surface area contributed by atoms with E-state index in [0.29, 0.717) is 36.6 Å². The molecule has 0 N–H and O–H groups in total. The summed E-state index contributed by atoms with van der Waals surface area (Å²) in [5.74, 6) is 0.146. The molecule has 0 atom stereocenters. The first kappa shape index (κ1) is 16.2. The van der Waals surface area contributed by atoms with Crippen LogP contribution in [0.1, 0.15) is 34.3 Å². The summed E-state index contributed by atoms with van der Waals surface area (Å²) in [7, 11) is 0. The van der Waals surface area contributed by atoms with Crippen molar-refractivity contribution in [3.63, 3.8) is 0 Å². The molecule has 0 unspecified atom stereocenters. The number of amides is 1. The van der Waals surface area contributed by atoms with Gasteiger partial charge in [0.2, 0.25) is 0 Å². The van der Waals surface area contributed by atoms with E-state index in [1.165, 1.54) is 6.07 Å². The standard InChI is InChI=1S/C20H19FN2O/c21-19-8-4-2-5-16(19)13-15-9-11-23(12-10-15)20(24)18-7-3-1-6-17(18)14-22/h1-8,15H,9-13H2. The van der Waals surface area contributed by atoms with Crippen LogP contribution in [0.4, 0.5) is 4.39 Å². The smallest absolute Gasteiger partial charge is 0.255 e. The van der Waals surface area contributed by atoms with Crippen molar-refractivity contribution >= 4 is 5.91 Å². The second kappa shape index (κ2) is 7.27. The van der Waals surface area contributed by atoms with Gasteiger partial charge >= 0.3 is 0 Å². The van der Waals surface area contributed by atoms with Crippen LogP contribution in [0.15, 0.2) is 48.5 Å². The van der Waals surface area contributed by atoms with E-state index >= 15 is 0 Å². The number of carbonyl (C=O) groups is 1. The molecule has 24 heavy (non-hydrogen) atoms. The fraction of sp³-hybridized carbons (Fsp3) is 0.300. The third kappa shape index (κ3) is 3.46. The quantitative estimate of drug-likeness (QED) is 0.863. The molecule has 0 spiro atoms. The Labute approximate surface area is 141 Å². The molecule has 0 saturated carbocycles. The number of carbonyl (C=O) groups excluding carboxylic acids is 1. The third-order valence-corrected chi connectivity index (χ3v) is 4.65. The van der Waals surface area contributed by atoms with E-state index in [9.17, 15) is 9.18 Å². The van der Waals surface area contributed by atoms with Crippen molar-refractivity contribution in [3.05, 3.63) is 71.0 Å². The number of piperidine rings is 1. The van der Waals surface area contributed by atoms with Gasteiger partial charge in [0, 0.05) is 13.1 Å². The Morgan fingerprint density at radius 3 is 2.50 bits per heavy atom. The molecule has 0 bridgehead atoms. The summed E-state index contributed by atoms with van der Waals surface area (Å²) in [4.78, 5) is 14.4. The van der Waals surface area contributed by atoms with Crippen LogP contribution in [0.5, 0.6) is 0 Å². The Kier molecular flexibility index (Phi) is 4.90. The number of nitrogens with zero attached hydrogens (tertiary/aromatic N) is 2. The highest BCUT2D eigenvalue weighted by molar-refractivity contribution is 5.96. The highest BCUT2D eigenvalue weighted by atomic mass is 19.1. The van der Waals surface area contributed by atoms with Crippen molar-refractivity contribution in [1.82, 2.24) is 4.90 Å². The average molecular weight is 322 g/mol. The molecule has 3 nitrogen and oxygen atoms in total. The minimum absolute atomic E-state index is 0.0866. The molecule has 1 amide bonds. The zero-order valence-corrected chi connectivity index (χ0v) is 13.4. The minimum Gasteiger partial charge on any atom is -0.339 e. The van der Waals surface area contributed by atoms with Crippen molar-refractivity contribution in [2.45, 2.75) is 19.3 Å². The van der Waals surface area contributed by atoms with Gasteiger partial charge in [-0.2, -0.15) is 5.26 Å². The maximum atomic E-state index is 13.8. The van der Waals surface area contributed by atoms with Crippen LogP contribution in [0.3, 0.4) is 0 Å². The zero-order chi connectivity index (χ0) is 16.9. The van der Waals surface area contributed by atoms with Gasteiger partial charge in [0.15, 0.2) is 0 Å². The van der Waals surface area contributed by atoms with Crippen molar-refractivity contribution in [3.8, 4) is 6.07 Å². The number of rotatable bonds is 3. The Morgan fingerprint density at radius 2 is 1.79 bits per heavy atom. The number of halogens is 1. The van der Waals surface area contributed by atoms with Gasteiger partial charge in [0.05, 0.1) is 17.2 Å². The van der Waals surface area contributed by atoms with Gasteiger partial charge < -0.3 is 4.90 Å². The molecule has 1 aliphatic heterocycles. The topological polar surface area (TPSA) is 44.1 Å². The number of likely N-dealkylation sites (tertiary alicyclic amines) is 1. The lowest BCUT2D eigenvalue weighted by molar-refractivity contribution is 0.0690. The van der Waals surface area contributed by atoms with E-state index in [0.717, 1.165) is 18.4 Å². The normalized spacial score (nSPS) is 15.1. The largest absolute Gasteiger partial charge is 0.339 e. The molecule has 1 saturated heterocycles. The van der Waals surface area contributed by atoms with Crippen molar-refractivity contribution in [2.75, 3.05) is 13.1 Å². The predicted octanol–water partition coefficient (Wildman–Crippen LogP) is 3.79. The van der Waals surface area contributed by atoms with E-state index in [1.54, 1.807) is 35.2 Å². The molecule has 2 aromatic rings. The molecule has 122 valence electrons. The average Bonchev–Trinajstić information content (AvgIpc) is 2.63. The second-order valence-corrected chi connectivity index (χ2v) is 6.19. The van der Waals surface area contributed by atoms with Crippen LogP contribution >= 0.6 is 0 Å². The van der Waals surface area contributed by atoms with Gasteiger partial charge in [-0.15, -0.1) is 0 Å². The van der Waals surface area contributed by atoms with E-state index < -0.39 is 0 Å². The Bertz CT molecular complexity index is 773. The highest BCUT2D eigenvalue weighted by Crippen LogP contribution is 2.24. The van der Waals surface area contributed by atoms with Crippen molar-refractivity contribution in [2.24, 2.45) is 5.92 Å². The molecule has 1 aliphatic rings. The van der Waals surface area contributed by atoms with Crippen LogP contribution in [-0.4, -0.2) is 23.9 Å². The summed E-state index contributed by atoms with van der Waals surface area (Å²) in [6, 6.07) is 15.9. The molecular weight excluding hydrogens is 303 g/mol. The van der Waals surface area contributed by atoms with Gasteiger partial charge in [0.1, 0.15) is 5.82 Å². The lowest BCUT2D eigenvalue weighted by Gasteiger charge is -2.32. The first-order chi connectivity index (χ1) is 11.7. The molecule has 0 radical (unpaired) electrons. The Balaban J connectivity index is 1.62. The fourth-order valence-electron chi connectivity index (χ4n) is 3.25. The molecule has 2 aromatic carbocycles. The van der Waals surface area contributed by atoms with Gasteiger partial charge in [0.25, 0.3) is 5.91 Å². The van der Waals surface area contributed by atoms with Gasteiger partial charge in [-0.3, -0.25) is 4.79 Å². The maximum absolute atomic E-state index is 13.8. The summed E-state index contributed by atoms with van der Waals surface area (Å²) in [6.45, 7) is 1.30. The lowest BCUT2D eigenvalue weighted by Crippen LogP contribution is -2.39. The number of benzene rings is 2. The van der Waals surface area contributed by atoms with Crippen LogP contribution < -0.4 is 0 Å². The zero-order valence-electron chi connectivity index (χ0n) is 13.4. The summed E-state index contributed by atoms with van der Waals surface area (Å²) in [5, 5.41) is 9.14. The molecule has 0 aliphatic carbocycles. The summed E-state index contributed by atoms with van der Waals surface area (Å²) in [5.41, 5.74) is 1.63. The summed E-state index contributed by atoms with van der Waals surface area (Å²) < 4.78 is 13.8. The van der Waals surface area contributed by atoms with Gasteiger partial charge in [-0.25, -0.2) is 4.39 Å². The SMILES string of the molecule is N#Cc1ccccc1C(=O)N1CCC(Cc2ccccc2F)CC1. The van der Waals surface area contributed by atoms with E-state index in [4.69, 9.17) is 5.26 Å². The van der Waals surface area contributed by atoms with E-state index in [1.807, 2.05) is 12.1 Å². The maximum Gasteiger partial charge on any atom is 0.255 e. The van der Waals surface area contributed by atoms with Crippen LogP contribution in [-0.2, 0) is 6.42 Å². The molecule has 1 fully saturated rings. The fourth-order valence-corrected chi connectivity index (χ4v) is 3.25. The summed E-state index contributed by atoms with van der Waals surface area (Å²) in [6.07, 6.45) is 2.42. The molecular formula is C20H19FN2O. The minimum atomic E-state index is -0.154. The van der Waals surface area contributed by atoms with E-state index in [2.05, 4.69) is 6.07 Å². The highest BCUT2D eigenvalue weighted by Gasteiger charge is 2.25. The Hall–Kier alpha value is -2.67. The van der Waals surface area contributed by atoms with Gasteiger partial charge in [-0.05, 0) is 48.9 Å². The monoisotopic (exact) mass is 322 g/mol. The molecule has 4 heteroatoms. The first-order valence-electron chi connectivity index (χ1n) is 8.21. The third-order valence-electron chi connectivity index (χ3n) is 4.65. The molecule has 0 aromatic heterocycles. The summed E-state index contributed by atoms with van der Waals surface area (Å²) >= 11 is 0. The van der Waals surface area contributed by atoms with E-state index in [-0.39, 0.29) is 11.7 Å². The lowest BCUT2D eigenvalue weighted by atomic mass is 9.89. The molecule has 3 rings (SSSR count). The number of hydrogen-bond acceptors (Lipinski definition) is 2. The predicted molar refractivity (Wildman–Crippen MR) is 89.9 cm³/mol. The van der Waals surface area contributed by atoms with Gasteiger partial charge in [-0.1, -0.05) is 30.3 Å². The van der Waals surface area contributed by atoms with Crippen molar-refractivity contribution < 1.29 is 9.18 Å². The second-order valence-electron chi connectivity index (χ2n) is 6.19. The van der Waals surface area contributed by atoms with Crippen LogP contribution in [0.2, 0.25) is 0 Å². The van der Waals surface area contributed by atoms with Crippen LogP contribution in [0.25, 0.3) is 0 Å². The molecule has 1 heterocycles. The number of hydrogen-bond donors (Lipinski definition) is 0. The Morgan fingerprint density at radius 1 is 1.12 bits per heavy atom. The number of nitriles is 1.